The average molecular weight is 914 g/mol. The van der Waals surface area contributed by atoms with Crippen LogP contribution in [0.5, 0.6) is 0 Å². The number of amides is 1. The number of nitrogens with one attached hydrogen (secondary N) is 3. The summed E-state index contributed by atoms with van der Waals surface area (Å²) in [4.78, 5) is 53.7. The van der Waals surface area contributed by atoms with Crippen LogP contribution in [0.25, 0.3) is 17.2 Å². The standard InChI is InChI=1S/C54H72FN9O3/c1-6-45-31-42(22-28-64(45)52(57-4)35-63-26-20-40(21-27-63)47-15-14-44(32-49(47)55)61-50(8-7-29-65)54(67)58-5)53(66)41-11-9-38(10-12-41)39-18-24-62(25-19-39)34-36(2)30-48-37(3)59-23-17-46(48)43-13-16-51(56)60-33-43/h9-17,23,29-30,32-33,39-40,42,45,50,52,57,61H,6-8,18-22,24-28,31,34-35H2,1-5H3,(H2,56,60)(H,58,67)/b36-30+. The Hall–Kier alpha value is -5.34. The van der Waals surface area contributed by atoms with Gasteiger partial charge in [-0.3, -0.25) is 24.4 Å². The summed E-state index contributed by atoms with van der Waals surface area (Å²) < 4.78 is 15.5. The van der Waals surface area contributed by atoms with Crippen LogP contribution in [0.1, 0.15) is 116 Å². The Bertz CT molecular complexity index is 2310. The highest BCUT2D eigenvalue weighted by molar-refractivity contribution is 5.98. The van der Waals surface area contributed by atoms with Gasteiger partial charge in [0.25, 0.3) is 0 Å². The highest BCUT2D eigenvalue weighted by atomic mass is 19.1. The van der Waals surface area contributed by atoms with Gasteiger partial charge in [0, 0.05) is 85.5 Å². The van der Waals surface area contributed by atoms with E-state index in [1.165, 1.54) is 17.2 Å². The highest BCUT2D eigenvalue weighted by Gasteiger charge is 2.36. The van der Waals surface area contributed by atoms with Crippen molar-refractivity contribution in [2.24, 2.45) is 5.92 Å². The van der Waals surface area contributed by atoms with Crippen LogP contribution < -0.4 is 21.7 Å². The largest absolute Gasteiger partial charge is 0.384 e. The number of aryl methyl sites for hydroxylation is 1. The van der Waals surface area contributed by atoms with Gasteiger partial charge in [0.2, 0.25) is 5.91 Å². The molecule has 0 aliphatic carbocycles. The predicted molar refractivity (Wildman–Crippen MR) is 267 cm³/mol. The van der Waals surface area contributed by atoms with Crippen molar-refractivity contribution in [1.29, 1.82) is 0 Å². The number of rotatable bonds is 19. The number of likely N-dealkylation sites (N-methyl/N-ethyl adjacent to an activating group) is 2. The van der Waals surface area contributed by atoms with Gasteiger partial charge in [0.05, 0.1) is 6.17 Å². The lowest BCUT2D eigenvalue weighted by atomic mass is 9.83. The number of pyridine rings is 2. The van der Waals surface area contributed by atoms with Crippen LogP contribution in [0.2, 0.25) is 0 Å². The molecular formula is C54H72FN9O3. The molecule has 2 aromatic carbocycles. The van der Waals surface area contributed by atoms with Gasteiger partial charge in [0.15, 0.2) is 5.78 Å². The maximum absolute atomic E-state index is 15.5. The molecule has 3 fully saturated rings. The smallest absolute Gasteiger partial charge is 0.242 e. The third-order valence-corrected chi connectivity index (χ3v) is 14.7. The van der Waals surface area contributed by atoms with Gasteiger partial charge >= 0.3 is 0 Å². The van der Waals surface area contributed by atoms with E-state index >= 15 is 4.39 Å². The van der Waals surface area contributed by atoms with E-state index in [1.807, 2.05) is 49.8 Å². The first-order chi connectivity index (χ1) is 32.5. The number of anilines is 2. The van der Waals surface area contributed by atoms with Crippen molar-refractivity contribution in [2.45, 2.75) is 109 Å². The monoisotopic (exact) mass is 914 g/mol. The fourth-order valence-electron chi connectivity index (χ4n) is 10.8. The molecule has 12 nitrogen and oxygen atoms in total. The summed E-state index contributed by atoms with van der Waals surface area (Å²) in [6.45, 7) is 13.0. The molecule has 0 spiro atoms. The van der Waals surface area contributed by atoms with E-state index in [9.17, 15) is 14.4 Å². The first-order valence-corrected chi connectivity index (χ1v) is 24.6. The van der Waals surface area contributed by atoms with Gasteiger partial charge in [-0.05, 0) is 157 Å². The lowest BCUT2D eigenvalue weighted by Crippen LogP contribution is -2.58. The molecule has 5 heterocycles. The Morgan fingerprint density at radius 1 is 0.910 bits per heavy atom. The van der Waals surface area contributed by atoms with Gasteiger partial charge in [-0.15, -0.1) is 0 Å². The van der Waals surface area contributed by atoms with E-state index in [0.29, 0.717) is 35.4 Å². The van der Waals surface area contributed by atoms with Gasteiger partial charge in [-0.2, -0.15) is 0 Å². The SMILES string of the molecule is CCC1CC(C(=O)c2ccc(C3CCN(C/C(C)=C/c4c(-c5ccc(N)nc5)ccnc4C)CC3)cc2)CCN1C(CN1CCC(c2ccc(NC(CCC=O)C(=O)NC)cc2F)CC1)NC. The molecule has 358 valence electrons. The molecule has 4 aromatic rings. The molecule has 3 aliphatic rings. The Kier molecular flexibility index (Phi) is 17.5. The minimum absolute atomic E-state index is 0.0111. The lowest BCUT2D eigenvalue weighted by molar-refractivity contribution is -0.121. The summed E-state index contributed by atoms with van der Waals surface area (Å²) in [6, 6.07) is 19.3. The number of hydrogen-bond acceptors (Lipinski definition) is 11. The highest BCUT2D eigenvalue weighted by Crippen LogP contribution is 2.35. The quantitative estimate of drug-likeness (QED) is 0.0535. The van der Waals surface area contributed by atoms with E-state index < -0.39 is 6.04 Å². The van der Waals surface area contributed by atoms with E-state index in [0.717, 1.165) is 125 Å². The molecule has 67 heavy (non-hydrogen) atoms. The number of carbonyl (C=O) groups excluding carboxylic acids is 3. The Balaban J connectivity index is 0.866. The van der Waals surface area contributed by atoms with Crippen molar-refractivity contribution in [1.82, 2.24) is 35.3 Å². The molecule has 4 atom stereocenters. The van der Waals surface area contributed by atoms with Crippen LogP contribution in [0.15, 0.2) is 78.6 Å². The zero-order chi connectivity index (χ0) is 47.5. The molecular weight excluding hydrogens is 842 g/mol. The number of hydrogen-bond donors (Lipinski definition) is 4. The van der Waals surface area contributed by atoms with Crippen LogP contribution in [-0.4, -0.2) is 121 Å². The Labute approximate surface area is 397 Å². The van der Waals surface area contributed by atoms with E-state index in [-0.39, 0.29) is 41.9 Å². The fourth-order valence-corrected chi connectivity index (χ4v) is 10.8. The number of nitrogens with zero attached hydrogens (tertiary/aromatic N) is 5. The van der Waals surface area contributed by atoms with Crippen molar-refractivity contribution >= 4 is 35.6 Å². The zero-order valence-electron chi connectivity index (χ0n) is 40.3. The van der Waals surface area contributed by atoms with Crippen LogP contribution in [0.3, 0.4) is 0 Å². The van der Waals surface area contributed by atoms with Crippen molar-refractivity contribution in [3.05, 3.63) is 112 Å². The number of likely N-dealkylation sites (tertiary alicyclic amines) is 3. The Morgan fingerprint density at radius 2 is 1.64 bits per heavy atom. The summed E-state index contributed by atoms with van der Waals surface area (Å²) in [5, 5.41) is 9.31. The molecule has 0 bridgehead atoms. The van der Waals surface area contributed by atoms with Crippen LogP contribution in [0.4, 0.5) is 15.9 Å². The third-order valence-electron chi connectivity index (χ3n) is 14.7. The average Bonchev–Trinajstić information content (AvgIpc) is 3.35. The fraction of sp³-hybridized carbons (Fsp3) is 0.500. The topological polar surface area (TPSA) is 149 Å². The van der Waals surface area contributed by atoms with Gasteiger partial charge < -0.3 is 31.4 Å². The number of aromatic nitrogens is 2. The normalized spacial score (nSPS) is 20.3. The number of aldehydes is 1. The van der Waals surface area contributed by atoms with Crippen molar-refractivity contribution in [3.63, 3.8) is 0 Å². The number of piperidine rings is 3. The summed E-state index contributed by atoms with van der Waals surface area (Å²) in [6.07, 6.45) is 14.1. The summed E-state index contributed by atoms with van der Waals surface area (Å²) in [5.41, 5.74) is 14.8. The molecule has 3 aliphatic heterocycles. The number of ketones is 1. The third kappa shape index (κ3) is 12.6. The van der Waals surface area contributed by atoms with Crippen molar-refractivity contribution in [3.8, 4) is 11.1 Å². The number of nitrogens with two attached hydrogens (primary N) is 1. The molecule has 1 amide bonds. The molecule has 4 unspecified atom stereocenters. The van der Waals surface area contributed by atoms with E-state index in [2.05, 4.69) is 91.7 Å². The second-order valence-electron chi connectivity index (χ2n) is 19.0. The van der Waals surface area contributed by atoms with E-state index in [1.54, 1.807) is 7.05 Å². The lowest BCUT2D eigenvalue weighted by Gasteiger charge is -2.45. The van der Waals surface area contributed by atoms with Gasteiger partial charge in [-0.1, -0.05) is 48.9 Å². The minimum Gasteiger partial charge on any atom is -0.384 e. The second kappa shape index (κ2) is 23.6. The number of nitrogen functional groups attached to an aromatic ring is 1. The van der Waals surface area contributed by atoms with Crippen molar-refractivity contribution < 1.29 is 18.8 Å². The predicted octanol–water partition coefficient (Wildman–Crippen LogP) is 8.06. The summed E-state index contributed by atoms with van der Waals surface area (Å²) >= 11 is 0. The zero-order valence-corrected chi connectivity index (χ0v) is 40.3. The molecule has 0 saturated carbocycles. The second-order valence-corrected chi connectivity index (χ2v) is 19.0. The molecule has 2 aromatic heterocycles. The first kappa shape index (κ1) is 49.6. The number of benzene rings is 2. The molecule has 7 rings (SSSR count). The number of carbonyl (C=O) groups is 3. The first-order valence-electron chi connectivity index (χ1n) is 24.6. The molecule has 3 saturated heterocycles. The number of Topliss-reactive ketones (excluding diaryl/α,β-unsaturated/α-hetero) is 1. The molecule has 0 radical (unpaired) electrons. The summed E-state index contributed by atoms with van der Waals surface area (Å²) in [5.74, 6) is 0.894. The minimum atomic E-state index is -0.607. The van der Waals surface area contributed by atoms with Crippen molar-refractivity contribution in [2.75, 3.05) is 71.0 Å². The van der Waals surface area contributed by atoms with Gasteiger partial charge in [-0.25, -0.2) is 9.37 Å². The summed E-state index contributed by atoms with van der Waals surface area (Å²) in [7, 11) is 3.58. The maximum atomic E-state index is 15.5. The van der Waals surface area contributed by atoms with E-state index in [4.69, 9.17) is 5.73 Å². The van der Waals surface area contributed by atoms with Crippen LogP contribution >= 0.6 is 0 Å². The van der Waals surface area contributed by atoms with Crippen LogP contribution in [0, 0.1) is 18.7 Å². The Morgan fingerprint density at radius 3 is 2.30 bits per heavy atom. The number of halogens is 1. The van der Waals surface area contributed by atoms with Gasteiger partial charge in [0.1, 0.15) is 24.0 Å². The molecule has 5 N–H and O–H groups in total. The van der Waals surface area contributed by atoms with Crippen LogP contribution in [-0.2, 0) is 9.59 Å². The molecule has 13 heteroatoms. The maximum Gasteiger partial charge on any atom is 0.242 e.